The molecule has 2 aromatic carbocycles. The Morgan fingerprint density at radius 1 is 1.04 bits per heavy atom. The van der Waals surface area contributed by atoms with Crippen LogP contribution >= 0.6 is 11.6 Å². The van der Waals surface area contributed by atoms with Gasteiger partial charge in [-0.15, -0.1) is 0 Å². The molecule has 1 heterocycles. The molecule has 0 unspecified atom stereocenters. The molecule has 0 aliphatic rings. The quantitative estimate of drug-likeness (QED) is 0.424. The number of nitrogens with zero attached hydrogens (tertiary/aromatic N) is 2. The molecule has 3 rings (SSSR count). The van der Waals surface area contributed by atoms with Gasteiger partial charge in [-0.1, -0.05) is 60.1 Å². The first-order valence-electron chi connectivity index (χ1n) is 8.72. The minimum absolute atomic E-state index is 0.0923. The lowest BCUT2D eigenvalue weighted by Crippen LogP contribution is -2.09. The highest BCUT2D eigenvalue weighted by molar-refractivity contribution is 6.30. The van der Waals surface area contributed by atoms with Crippen LogP contribution in [0.1, 0.15) is 23.2 Å². The molecule has 0 amide bonds. The van der Waals surface area contributed by atoms with Gasteiger partial charge in [0.05, 0.1) is 31.0 Å². The number of halogens is 1. The highest BCUT2D eigenvalue weighted by atomic mass is 35.5. The van der Waals surface area contributed by atoms with Crippen LogP contribution in [0.15, 0.2) is 60.7 Å². The van der Waals surface area contributed by atoms with E-state index in [1.54, 1.807) is 4.68 Å². The van der Waals surface area contributed by atoms with Crippen molar-refractivity contribution in [1.29, 1.82) is 0 Å². The maximum Gasteiger partial charge on any atom is 0.308 e. The lowest BCUT2D eigenvalue weighted by Gasteiger charge is -2.06. The second-order valence-electron chi connectivity index (χ2n) is 6.05. The number of carbonyl (C=O) groups is 1. The Hall–Kier alpha value is -2.63. The van der Waals surface area contributed by atoms with Gasteiger partial charge in [-0.2, -0.15) is 5.10 Å². The normalized spacial score (nSPS) is 10.7. The molecule has 6 heteroatoms. The molecule has 0 aliphatic heterocycles. The Morgan fingerprint density at radius 3 is 2.41 bits per heavy atom. The van der Waals surface area contributed by atoms with Gasteiger partial charge in [-0.05, 0) is 24.6 Å². The molecule has 5 nitrogen and oxygen atoms in total. The predicted molar refractivity (Wildman–Crippen MR) is 104 cm³/mol. The van der Waals surface area contributed by atoms with E-state index in [1.807, 2.05) is 67.6 Å². The summed E-state index contributed by atoms with van der Waals surface area (Å²) in [4.78, 5) is 12.0. The molecule has 0 aliphatic carbocycles. The molecule has 0 radical (unpaired) electrons. The van der Waals surface area contributed by atoms with Crippen LogP contribution in [0.5, 0.6) is 0 Å². The zero-order valence-corrected chi connectivity index (χ0v) is 15.9. The number of carbonyl (C=O) groups excluding carboxylic acids is 1. The van der Waals surface area contributed by atoms with Crippen LogP contribution in [-0.2, 0) is 27.5 Å². The summed E-state index contributed by atoms with van der Waals surface area (Å²) in [6.07, 6.45) is 0.191. The van der Waals surface area contributed by atoms with Gasteiger partial charge in [0.15, 0.2) is 0 Å². The van der Waals surface area contributed by atoms with E-state index in [-0.39, 0.29) is 19.0 Å². The fraction of sp³-hybridized carbons (Fsp3) is 0.238. The van der Waals surface area contributed by atoms with Gasteiger partial charge in [-0.3, -0.25) is 4.79 Å². The zero-order chi connectivity index (χ0) is 19.1. The number of aryl methyl sites for hydroxylation is 1. The second kappa shape index (κ2) is 9.35. The molecular formula is C21H21ClN2O3. The molecular weight excluding hydrogens is 364 g/mol. The summed E-state index contributed by atoms with van der Waals surface area (Å²) in [7, 11) is 0. The summed E-state index contributed by atoms with van der Waals surface area (Å²) in [5.74, 6) is -0.328. The number of esters is 1. The molecule has 1 aromatic heterocycles. The first-order chi connectivity index (χ1) is 13.1. The minimum atomic E-state index is -0.328. The standard InChI is InChI=1S/C21H21ClN2O3/c1-16-19(21(22)24(23-16)18-10-6-3-7-11-18)15-27-20(25)12-13-26-14-17-8-4-2-5-9-17/h2-11H,12-15H2,1H3. The van der Waals surface area contributed by atoms with Crippen molar-refractivity contribution in [3.05, 3.63) is 82.6 Å². The van der Waals surface area contributed by atoms with E-state index in [2.05, 4.69) is 5.10 Å². The third-order valence-electron chi connectivity index (χ3n) is 4.06. The largest absolute Gasteiger partial charge is 0.461 e. The van der Waals surface area contributed by atoms with Crippen molar-refractivity contribution in [2.45, 2.75) is 26.6 Å². The maximum atomic E-state index is 12.0. The Balaban J connectivity index is 1.48. The highest BCUT2D eigenvalue weighted by Gasteiger charge is 2.16. The van der Waals surface area contributed by atoms with Crippen LogP contribution < -0.4 is 0 Å². The first-order valence-corrected chi connectivity index (χ1v) is 9.09. The topological polar surface area (TPSA) is 53.4 Å². The Kier molecular flexibility index (Phi) is 6.63. The van der Waals surface area contributed by atoms with E-state index in [0.29, 0.717) is 23.9 Å². The SMILES string of the molecule is Cc1nn(-c2ccccc2)c(Cl)c1COC(=O)CCOCc1ccccc1. The van der Waals surface area contributed by atoms with E-state index >= 15 is 0 Å². The Bertz CT molecular complexity index is 879. The van der Waals surface area contributed by atoms with Crippen LogP contribution in [0.2, 0.25) is 5.15 Å². The first kappa shape index (κ1) is 19.1. The van der Waals surface area contributed by atoms with Gasteiger partial charge in [0.25, 0.3) is 0 Å². The molecule has 27 heavy (non-hydrogen) atoms. The number of rotatable bonds is 8. The van der Waals surface area contributed by atoms with Crippen molar-refractivity contribution in [2.75, 3.05) is 6.61 Å². The van der Waals surface area contributed by atoms with Crippen LogP contribution in [-0.4, -0.2) is 22.4 Å². The number of hydrogen-bond acceptors (Lipinski definition) is 4. The number of para-hydroxylation sites is 1. The smallest absolute Gasteiger partial charge is 0.308 e. The summed E-state index contributed by atoms with van der Waals surface area (Å²) in [5, 5.41) is 4.89. The third-order valence-corrected chi connectivity index (χ3v) is 4.45. The van der Waals surface area contributed by atoms with Gasteiger partial charge in [0, 0.05) is 5.56 Å². The molecule has 0 fully saturated rings. The highest BCUT2D eigenvalue weighted by Crippen LogP contribution is 2.24. The monoisotopic (exact) mass is 384 g/mol. The Labute approximate surface area is 163 Å². The fourth-order valence-corrected chi connectivity index (χ4v) is 2.91. The van der Waals surface area contributed by atoms with E-state index in [1.165, 1.54) is 0 Å². The van der Waals surface area contributed by atoms with Crippen LogP contribution in [0.3, 0.4) is 0 Å². The van der Waals surface area contributed by atoms with Crippen LogP contribution in [0.25, 0.3) is 5.69 Å². The molecule has 0 saturated heterocycles. The zero-order valence-electron chi connectivity index (χ0n) is 15.1. The van der Waals surface area contributed by atoms with Crippen molar-refractivity contribution in [1.82, 2.24) is 9.78 Å². The van der Waals surface area contributed by atoms with Crippen molar-refractivity contribution >= 4 is 17.6 Å². The minimum Gasteiger partial charge on any atom is -0.461 e. The molecule has 0 bridgehead atoms. The molecule has 0 N–H and O–H groups in total. The molecule has 140 valence electrons. The Morgan fingerprint density at radius 2 is 1.70 bits per heavy atom. The summed E-state index contributed by atoms with van der Waals surface area (Å²) < 4.78 is 12.5. The van der Waals surface area contributed by atoms with Gasteiger partial charge >= 0.3 is 5.97 Å². The van der Waals surface area contributed by atoms with Gasteiger partial charge in [0.2, 0.25) is 0 Å². The second-order valence-corrected chi connectivity index (χ2v) is 6.41. The van der Waals surface area contributed by atoms with E-state index in [9.17, 15) is 4.79 Å². The third kappa shape index (κ3) is 5.18. The molecule has 3 aromatic rings. The summed E-state index contributed by atoms with van der Waals surface area (Å²) in [6.45, 7) is 2.72. The van der Waals surface area contributed by atoms with E-state index in [0.717, 1.165) is 16.9 Å². The summed E-state index contributed by atoms with van der Waals surface area (Å²) in [6, 6.07) is 19.4. The number of aromatic nitrogens is 2. The number of benzene rings is 2. The van der Waals surface area contributed by atoms with Crippen molar-refractivity contribution in [3.63, 3.8) is 0 Å². The van der Waals surface area contributed by atoms with Gasteiger partial charge in [0.1, 0.15) is 11.8 Å². The van der Waals surface area contributed by atoms with Gasteiger partial charge in [-0.25, -0.2) is 4.68 Å². The van der Waals surface area contributed by atoms with Crippen molar-refractivity contribution < 1.29 is 14.3 Å². The molecule has 0 spiro atoms. The van der Waals surface area contributed by atoms with E-state index < -0.39 is 0 Å². The number of hydrogen-bond donors (Lipinski definition) is 0. The average Bonchev–Trinajstić information content (AvgIpc) is 2.99. The van der Waals surface area contributed by atoms with Crippen LogP contribution in [0.4, 0.5) is 0 Å². The van der Waals surface area contributed by atoms with Crippen LogP contribution in [0, 0.1) is 6.92 Å². The fourth-order valence-electron chi connectivity index (χ4n) is 2.58. The lowest BCUT2D eigenvalue weighted by atomic mass is 10.2. The maximum absolute atomic E-state index is 12.0. The molecule has 0 atom stereocenters. The molecule has 0 saturated carbocycles. The number of ether oxygens (including phenoxy) is 2. The summed E-state index contributed by atoms with van der Waals surface area (Å²) >= 11 is 6.43. The van der Waals surface area contributed by atoms with Crippen molar-refractivity contribution in [2.24, 2.45) is 0 Å². The van der Waals surface area contributed by atoms with Crippen molar-refractivity contribution in [3.8, 4) is 5.69 Å². The predicted octanol–water partition coefficient (Wildman–Crippen LogP) is 4.48. The van der Waals surface area contributed by atoms with Gasteiger partial charge < -0.3 is 9.47 Å². The van der Waals surface area contributed by atoms with E-state index in [4.69, 9.17) is 21.1 Å². The summed E-state index contributed by atoms with van der Waals surface area (Å²) in [5.41, 5.74) is 3.37. The average molecular weight is 385 g/mol. The lowest BCUT2D eigenvalue weighted by molar-refractivity contribution is -0.146.